The molecule has 0 aliphatic heterocycles. The van der Waals surface area contributed by atoms with Crippen LogP contribution in [-0.4, -0.2) is 19.9 Å². The van der Waals surface area contributed by atoms with Gasteiger partial charge in [0.25, 0.3) is 0 Å². The highest BCUT2D eigenvalue weighted by atomic mass is 16.4. The lowest BCUT2D eigenvalue weighted by molar-refractivity contribution is 0.531. The fourth-order valence-electron chi connectivity index (χ4n) is 1.85. The van der Waals surface area contributed by atoms with Crippen molar-refractivity contribution in [1.82, 2.24) is 19.9 Å². The summed E-state index contributed by atoms with van der Waals surface area (Å²) in [6.45, 7) is 5.66. The summed E-state index contributed by atoms with van der Waals surface area (Å²) in [6, 6.07) is 3.91. The highest BCUT2D eigenvalue weighted by molar-refractivity contribution is 5.75. The fraction of sp³-hybridized carbons (Fsp3) is 0.250. The third-order valence-electron chi connectivity index (χ3n) is 2.60. The molecule has 5 heteroatoms. The van der Waals surface area contributed by atoms with E-state index in [9.17, 15) is 0 Å². The molecule has 0 radical (unpaired) electrons. The van der Waals surface area contributed by atoms with Crippen LogP contribution in [0.25, 0.3) is 22.7 Å². The van der Waals surface area contributed by atoms with E-state index in [1.54, 1.807) is 0 Å². The molecule has 0 aliphatic carbocycles. The Morgan fingerprint density at radius 3 is 2.59 bits per heavy atom. The molecule has 0 aromatic carbocycles. The molecule has 5 nitrogen and oxygen atoms in total. The molecule has 3 rings (SSSR count). The number of nitrogens with zero attached hydrogens (tertiary/aromatic N) is 3. The first-order valence-corrected chi connectivity index (χ1v) is 5.41. The Labute approximate surface area is 97.9 Å². The van der Waals surface area contributed by atoms with Crippen LogP contribution in [0.2, 0.25) is 0 Å². The van der Waals surface area contributed by atoms with Crippen molar-refractivity contribution in [2.24, 2.45) is 0 Å². The average molecular weight is 228 g/mol. The van der Waals surface area contributed by atoms with E-state index in [-0.39, 0.29) is 0 Å². The highest BCUT2D eigenvalue weighted by Gasteiger charge is 2.14. The van der Waals surface area contributed by atoms with Gasteiger partial charge < -0.3 is 9.40 Å². The summed E-state index contributed by atoms with van der Waals surface area (Å²) in [5, 5.41) is 0. The summed E-state index contributed by atoms with van der Waals surface area (Å²) in [5.74, 6) is 2.00. The number of rotatable bonds is 1. The monoisotopic (exact) mass is 228 g/mol. The normalized spacial score (nSPS) is 11.2. The van der Waals surface area contributed by atoms with Gasteiger partial charge in [-0.2, -0.15) is 0 Å². The lowest BCUT2D eigenvalue weighted by Crippen LogP contribution is -1.81. The van der Waals surface area contributed by atoms with E-state index in [1.165, 1.54) is 0 Å². The smallest absolute Gasteiger partial charge is 0.192 e. The predicted molar refractivity (Wildman–Crippen MR) is 63.6 cm³/mol. The number of hydrogen-bond acceptors (Lipinski definition) is 4. The summed E-state index contributed by atoms with van der Waals surface area (Å²) in [5.41, 5.74) is 3.38. The maximum atomic E-state index is 5.53. The van der Waals surface area contributed by atoms with Crippen LogP contribution in [0.1, 0.15) is 17.3 Å². The number of hydrogen-bond donors (Lipinski definition) is 1. The summed E-state index contributed by atoms with van der Waals surface area (Å²) >= 11 is 0. The van der Waals surface area contributed by atoms with Crippen molar-refractivity contribution in [3.05, 3.63) is 29.4 Å². The predicted octanol–water partition coefficient (Wildman–Crippen LogP) is 2.54. The summed E-state index contributed by atoms with van der Waals surface area (Å²) in [6.07, 6.45) is 0. The molecule has 0 aliphatic rings. The van der Waals surface area contributed by atoms with Gasteiger partial charge in [0.2, 0.25) is 0 Å². The first-order chi connectivity index (χ1) is 8.13. The second kappa shape index (κ2) is 3.41. The number of imidazole rings is 1. The Morgan fingerprint density at radius 1 is 1.06 bits per heavy atom. The molecule has 0 unspecified atom stereocenters. The van der Waals surface area contributed by atoms with Gasteiger partial charge in [-0.25, -0.2) is 15.0 Å². The second-order valence-electron chi connectivity index (χ2n) is 4.06. The maximum absolute atomic E-state index is 5.53. The van der Waals surface area contributed by atoms with E-state index in [4.69, 9.17) is 4.42 Å². The molecule has 0 atom stereocenters. The van der Waals surface area contributed by atoms with Crippen molar-refractivity contribution in [3.8, 4) is 11.6 Å². The van der Waals surface area contributed by atoms with Crippen molar-refractivity contribution < 1.29 is 4.42 Å². The number of aromatic nitrogens is 4. The Kier molecular flexibility index (Phi) is 2.01. The van der Waals surface area contributed by atoms with Crippen molar-refractivity contribution in [2.45, 2.75) is 20.8 Å². The number of aryl methyl sites for hydroxylation is 3. The Morgan fingerprint density at radius 2 is 1.88 bits per heavy atom. The lowest BCUT2D eigenvalue weighted by atomic mass is 10.3. The SMILES string of the molecule is Cc1ccc2[nH]c(-c3oc(C)nc3C)nc2n1. The first kappa shape index (κ1) is 10.0. The largest absolute Gasteiger partial charge is 0.437 e. The molecule has 0 bridgehead atoms. The van der Waals surface area contributed by atoms with Gasteiger partial charge in [-0.1, -0.05) is 0 Å². The summed E-state index contributed by atoms with van der Waals surface area (Å²) in [7, 11) is 0. The number of oxazole rings is 1. The van der Waals surface area contributed by atoms with E-state index in [0.29, 0.717) is 23.1 Å². The minimum atomic E-state index is 0.641. The van der Waals surface area contributed by atoms with E-state index in [0.717, 1.165) is 16.9 Å². The first-order valence-electron chi connectivity index (χ1n) is 5.41. The molecule has 1 N–H and O–H groups in total. The quantitative estimate of drug-likeness (QED) is 0.695. The summed E-state index contributed by atoms with van der Waals surface area (Å²) < 4.78 is 5.53. The van der Waals surface area contributed by atoms with Gasteiger partial charge >= 0.3 is 0 Å². The minimum absolute atomic E-state index is 0.641. The molecule has 0 saturated heterocycles. The van der Waals surface area contributed by atoms with Crippen molar-refractivity contribution in [2.75, 3.05) is 0 Å². The molecule has 17 heavy (non-hydrogen) atoms. The fourth-order valence-corrected chi connectivity index (χ4v) is 1.85. The van der Waals surface area contributed by atoms with E-state index < -0.39 is 0 Å². The van der Waals surface area contributed by atoms with Crippen LogP contribution in [0.3, 0.4) is 0 Å². The van der Waals surface area contributed by atoms with Gasteiger partial charge in [0.15, 0.2) is 23.1 Å². The molecule has 3 heterocycles. The van der Waals surface area contributed by atoms with Crippen LogP contribution in [0.5, 0.6) is 0 Å². The van der Waals surface area contributed by atoms with Gasteiger partial charge in [0.05, 0.1) is 11.2 Å². The van der Waals surface area contributed by atoms with E-state index >= 15 is 0 Å². The molecule has 0 fully saturated rings. The van der Waals surface area contributed by atoms with Gasteiger partial charge in [0, 0.05) is 12.6 Å². The van der Waals surface area contributed by atoms with E-state index in [2.05, 4.69) is 19.9 Å². The van der Waals surface area contributed by atoms with Crippen molar-refractivity contribution >= 4 is 11.2 Å². The van der Waals surface area contributed by atoms with Crippen LogP contribution in [0, 0.1) is 20.8 Å². The van der Waals surface area contributed by atoms with Gasteiger partial charge in [-0.3, -0.25) is 0 Å². The van der Waals surface area contributed by atoms with Crippen molar-refractivity contribution in [1.29, 1.82) is 0 Å². The Hall–Kier alpha value is -2.17. The summed E-state index contributed by atoms with van der Waals surface area (Å²) in [4.78, 5) is 16.2. The van der Waals surface area contributed by atoms with Crippen LogP contribution in [0.4, 0.5) is 0 Å². The number of nitrogens with one attached hydrogen (secondary N) is 1. The van der Waals surface area contributed by atoms with Crippen molar-refractivity contribution in [3.63, 3.8) is 0 Å². The average Bonchev–Trinajstić information content (AvgIpc) is 2.80. The Bertz CT molecular complexity index is 696. The maximum Gasteiger partial charge on any atom is 0.192 e. The van der Waals surface area contributed by atoms with Gasteiger partial charge in [-0.05, 0) is 26.0 Å². The molecule has 0 amide bonds. The molecule has 3 aromatic heterocycles. The number of fused-ring (bicyclic) bond motifs is 1. The molecular formula is C12H12N4O. The zero-order chi connectivity index (χ0) is 12.0. The van der Waals surface area contributed by atoms with Crippen LogP contribution in [-0.2, 0) is 0 Å². The third kappa shape index (κ3) is 1.60. The zero-order valence-corrected chi connectivity index (χ0v) is 9.90. The number of H-pyrrole nitrogens is 1. The van der Waals surface area contributed by atoms with Crippen LogP contribution < -0.4 is 0 Å². The molecule has 86 valence electrons. The zero-order valence-electron chi connectivity index (χ0n) is 9.90. The topological polar surface area (TPSA) is 67.6 Å². The van der Waals surface area contributed by atoms with E-state index in [1.807, 2.05) is 32.9 Å². The standard InChI is InChI=1S/C12H12N4O/c1-6-4-5-9-11(13-6)16-12(15-9)10-7(2)14-8(3)17-10/h4-5H,1-3H3,(H,13,15,16). The molecule has 3 aromatic rings. The molecule has 0 saturated carbocycles. The van der Waals surface area contributed by atoms with Gasteiger partial charge in [-0.15, -0.1) is 0 Å². The lowest BCUT2D eigenvalue weighted by Gasteiger charge is -1.89. The molecule has 0 spiro atoms. The highest BCUT2D eigenvalue weighted by Crippen LogP contribution is 2.23. The minimum Gasteiger partial charge on any atom is -0.437 e. The number of aromatic amines is 1. The molecular weight excluding hydrogens is 216 g/mol. The Balaban J connectivity index is 2.21. The van der Waals surface area contributed by atoms with Gasteiger partial charge in [0.1, 0.15) is 0 Å². The third-order valence-corrected chi connectivity index (χ3v) is 2.60. The van der Waals surface area contributed by atoms with Crippen LogP contribution in [0.15, 0.2) is 16.5 Å². The second-order valence-corrected chi connectivity index (χ2v) is 4.06. The number of pyridine rings is 1. The van der Waals surface area contributed by atoms with Crippen LogP contribution >= 0.6 is 0 Å².